The van der Waals surface area contributed by atoms with Gasteiger partial charge in [0, 0.05) is 12.8 Å². The van der Waals surface area contributed by atoms with E-state index in [9.17, 15) is 5.11 Å². The summed E-state index contributed by atoms with van der Waals surface area (Å²) < 4.78 is 5.73. The van der Waals surface area contributed by atoms with E-state index in [-0.39, 0.29) is 5.60 Å². The molecule has 0 aromatic carbocycles. The SMILES string of the molecule is OC12CC3CC(C1)OC(C3)C2. The Morgan fingerprint density at radius 3 is 2.18 bits per heavy atom. The van der Waals surface area contributed by atoms with Crippen molar-refractivity contribution in [1.82, 2.24) is 0 Å². The van der Waals surface area contributed by atoms with Crippen molar-refractivity contribution in [2.45, 2.75) is 49.9 Å². The average molecular weight is 154 g/mol. The van der Waals surface area contributed by atoms with Crippen molar-refractivity contribution >= 4 is 0 Å². The normalized spacial score (nSPS) is 60.3. The van der Waals surface area contributed by atoms with E-state index in [2.05, 4.69) is 0 Å². The summed E-state index contributed by atoms with van der Waals surface area (Å²) in [4.78, 5) is 0. The van der Waals surface area contributed by atoms with Gasteiger partial charge in [-0.3, -0.25) is 0 Å². The Hall–Kier alpha value is -0.0800. The number of ether oxygens (including phenoxy) is 1. The van der Waals surface area contributed by atoms with E-state index >= 15 is 0 Å². The Kier molecular flexibility index (Phi) is 1.06. The third-order valence-electron chi connectivity index (χ3n) is 3.46. The first-order valence-electron chi connectivity index (χ1n) is 4.61. The van der Waals surface area contributed by atoms with Gasteiger partial charge in [0.1, 0.15) is 0 Å². The maximum atomic E-state index is 10.0. The molecule has 2 nitrogen and oxygen atoms in total. The molecule has 4 bridgehead atoms. The fourth-order valence-corrected chi connectivity index (χ4v) is 3.29. The third-order valence-corrected chi connectivity index (χ3v) is 3.46. The molecule has 4 aliphatic rings. The molecule has 2 aliphatic carbocycles. The highest BCUT2D eigenvalue weighted by molar-refractivity contribution is 5.01. The lowest BCUT2D eigenvalue weighted by molar-refractivity contribution is -0.219. The third kappa shape index (κ3) is 0.859. The molecule has 2 aliphatic heterocycles. The topological polar surface area (TPSA) is 29.5 Å². The van der Waals surface area contributed by atoms with Crippen molar-refractivity contribution in [3.05, 3.63) is 0 Å². The van der Waals surface area contributed by atoms with E-state index in [1.807, 2.05) is 0 Å². The Morgan fingerprint density at radius 2 is 1.73 bits per heavy atom. The first-order chi connectivity index (χ1) is 5.23. The molecule has 2 heterocycles. The fraction of sp³-hybridized carbons (Fsp3) is 1.00. The van der Waals surface area contributed by atoms with Crippen LogP contribution in [0.3, 0.4) is 0 Å². The summed E-state index contributed by atoms with van der Waals surface area (Å²) in [7, 11) is 0. The molecule has 0 amide bonds. The van der Waals surface area contributed by atoms with E-state index < -0.39 is 0 Å². The minimum atomic E-state index is -0.325. The minimum absolute atomic E-state index is 0.325. The zero-order valence-corrected chi connectivity index (χ0v) is 6.62. The first kappa shape index (κ1) is 6.44. The Bertz CT molecular complexity index is 153. The van der Waals surface area contributed by atoms with Crippen LogP contribution in [0.1, 0.15) is 32.1 Å². The van der Waals surface area contributed by atoms with Crippen molar-refractivity contribution in [1.29, 1.82) is 0 Å². The van der Waals surface area contributed by atoms with Crippen LogP contribution in [0.4, 0.5) is 0 Å². The van der Waals surface area contributed by atoms with Gasteiger partial charge >= 0.3 is 0 Å². The molecule has 2 heteroatoms. The fourth-order valence-electron chi connectivity index (χ4n) is 3.29. The van der Waals surface area contributed by atoms with Gasteiger partial charge in [0.2, 0.25) is 0 Å². The van der Waals surface area contributed by atoms with Crippen LogP contribution in [-0.4, -0.2) is 22.9 Å². The summed E-state index contributed by atoms with van der Waals surface area (Å²) in [6, 6.07) is 0. The van der Waals surface area contributed by atoms with Crippen LogP contribution in [-0.2, 0) is 4.74 Å². The van der Waals surface area contributed by atoms with Gasteiger partial charge in [-0.2, -0.15) is 0 Å². The average Bonchev–Trinajstić information content (AvgIpc) is 1.79. The molecule has 2 unspecified atom stereocenters. The van der Waals surface area contributed by atoms with E-state index in [1.165, 1.54) is 12.8 Å². The van der Waals surface area contributed by atoms with Gasteiger partial charge < -0.3 is 9.84 Å². The molecule has 11 heavy (non-hydrogen) atoms. The van der Waals surface area contributed by atoms with Crippen LogP contribution in [0, 0.1) is 5.92 Å². The highest BCUT2D eigenvalue weighted by atomic mass is 16.5. The van der Waals surface area contributed by atoms with Crippen molar-refractivity contribution < 1.29 is 9.84 Å². The van der Waals surface area contributed by atoms with Gasteiger partial charge in [-0.15, -0.1) is 0 Å². The number of rotatable bonds is 0. The van der Waals surface area contributed by atoms with Gasteiger partial charge in [-0.05, 0) is 25.2 Å². The smallest absolute Gasteiger partial charge is 0.0699 e. The molecule has 0 aromatic heterocycles. The molecule has 4 fully saturated rings. The monoisotopic (exact) mass is 154 g/mol. The van der Waals surface area contributed by atoms with Crippen LogP contribution in [0.5, 0.6) is 0 Å². The lowest BCUT2D eigenvalue weighted by Crippen LogP contribution is -2.55. The second kappa shape index (κ2) is 1.80. The van der Waals surface area contributed by atoms with Gasteiger partial charge in [-0.1, -0.05) is 0 Å². The first-order valence-corrected chi connectivity index (χ1v) is 4.61. The second-order valence-electron chi connectivity index (χ2n) is 4.55. The van der Waals surface area contributed by atoms with Crippen LogP contribution >= 0.6 is 0 Å². The molecular formula is C9H14O2. The van der Waals surface area contributed by atoms with E-state index in [0.29, 0.717) is 12.2 Å². The Morgan fingerprint density at radius 1 is 1.09 bits per heavy atom. The number of hydrogen-bond donors (Lipinski definition) is 1. The molecule has 2 atom stereocenters. The maximum Gasteiger partial charge on any atom is 0.0699 e. The van der Waals surface area contributed by atoms with Crippen LogP contribution in [0.15, 0.2) is 0 Å². The van der Waals surface area contributed by atoms with Gasteiger partial charge in [0.05, 0.1) is 17.8 Å². The lowest BCUT2D eigenvalue weighted by Gasteiger charge is -2.53. The second-order valence-corrected chi connectivity index (χ2v) is 4.55. The van der Waals surface area contributed by atoms with Crippen LogP contribution in [0.2, 0.25) is 0 Å². The lowest BCUT2D eigenvalue weighted by atomic mass is 9.65. The molecule has 2 saturated heterocycles. The van der Waals surface area contributed by atoms with Gasteiger partial charge in [0.25, 0.3) is 0 Å². The molecule has 1 N–H and O–H groups in total. The largest absolute Gasteiger partial charge is 0.390 e. The predicted octanol–water partition coefficient (Wildman–Crippen LogP) is 1.08. The highest BCUT2D eigenvalue weighted by Gasteiger charge is 2.50. The molecule has 2 saturated carbocycles. The Labute approximate surface area is 66.5 Å². The number of hydrogen-bond acceptors (Lipinski definition) is 2. The summed E-state index contributed by atoms with van der Waals surface area (Å²) in [6.45, 7) is 0. The molecule has 0 spiro atoms. The van der Waals surface area contributed by atoms with Crippen molar-refractivity contribution in [2.24, 2.45) is 5.92 Å². The zero-order valence-electron chi connectivity index (χ0n) is 6.62. The van der Waals surface area contributed by atoms with Crippen molar-refractivity contribution in [2.75, 3.05) is 0 Å². The quantitative estimate of drug-likeness (QED) is 0.565. The van der Waals surface area contributed by atoms with Gasteiger partial charge in [0.15, 0.2) is 0 Å². The summed E-state index contributed by atoms with van der Waals surface area (Å²) >= 11 is 0. The minimum Gasteiger partial charge on any atom is -0.390 e. The van der Waals surface area contributed by atoms with Gasteiger partial charge in [-0.25, -0.2) is 0 Å². The number of aliphatic hydroxyl groups is 1. The van der Waals surface area contributed by atoms with Crippen molar-refractivity contribution in [3.8, 4) is 0 Å². The molecule has 0 radical (unpaired) electrons. The van der Waals surface area contributed by atoms with Crippen molar-refractivity contribution in [3.63, 3.8) is 0 Å². The zero-order chi connectivity index (χ0) is 7.47. The molecular weight excluding hydrogens is 140 g/mol. The Balaban J connectivity index is 1.94. The summed E-state index contributed by atoms with van der Waals surface area (Å²) in [5.41, 5.74) is -0.325. The summed E-state index contributed by atoms with van der Waals surface area (Å²) in [5, 5.41) is 10.0. The van der Waals surface area contributed by atoms with Crippen LogP contribution in [0.25, 0.3) is 0 Å². The molecule has 0 aromatic rings. The van der Waals surface area contributed by atoms with E-state index in [0.717, 1.165) is 25.2 Å². The standard InChI is InChI=1S/C9H14O2/c10-9-3-6-1-7(4-9)11-8(2-6)5-9/h6-8,10H,1-5H2. The van der Waals surface area contributed by atoms with E-state index in [1.54, 1.807) is 0 Å². The summed E-state index contributed by atoms with van der Waals surface area (Å²) in [6.07, 6.45) is 6.05. The predicted molar refractivity (Wildman–Crippen MR) is 40.2 cm³/mol. The molecule has 62 valence electrons. The van der Waals surface area contributed by atoms with E-state index in [4.69, 9.17) is 4.74 Å². The summed E-state index contributed by atoms with van der Waals surface area (Å²) in [5.74, 6) is 0.770. The molecule has 4 rings (SSSR count). The van der Waals surface area contributed by atoms with Crippen LogP contribution < -0.4 is 0 Å². The maximum absolute atomic E-state index is 10.0. The highest BCUT2D eigenvalue weighted by Crippen LogP contribution is 2.49.